The third-order valence-electron chi connectivity index (χ3n) is 6.20. The van der Waals surface area contributed by atoms with Crippen LogP contribution in [-0.2, 0) is 11.8 Å². The lowest BCUT2D eigenvalue weighted by atomic mass is 9.98. The Morgan fingerprint density at radius 3 is 2.59 bits per heavy atom. The smallest absolute Gasteiger partial charge is 0.268 e. The fraction of sp³-hybridized carbons (Fsp3) is 0.409. The summed E-state index contributed by atoms with van der Waals surface area (Å²) in [5, 5.41) is 3.44. The number of hydrogen-bond donors (Lipinski definition) is 1. The van der Waals surface area contributed by atoms with E-state index in [1.54, 1.807) is 24.6 Å². The van der Waals surface area contributed by atoms with Crippen molar-refractivity contribution in [3.8, 4) is 0 Å². The number of nitrogens with zero attached hydrogens (tertiary/aromatic N) is 4. The summed E-state index contributed by atoms with van der Waals surface area (Å²) in [6.45, 7) is 3.02. The predicted octanol–water partition coefficient (Wildman–Crippen LogP) is 3.51. The number of hydrogen-bond acceptors (Lipinski definition) is 5. The first-order valence-electron chi connectivity index (χ1n) is 10.4. The van der Waals surface area contributed by atoms with E-state index < -0.39 is 29.8 Å². The summed E-state index contributed by atoms with van der Waals surface area (Å²) in [7, 11) is 1.72. The molecule has 3 aliphatic heterocycles. The molecule has 3 atom stereocenters. The van der Waals surface area contributed by atoms with Crippen molar-refractivity contribution in [1.29, 1.82) is 0 Å². The second kappa shape index (κ2) is 7.77. The fourth-order valence-corrected chi connectivity index (χ4v) is 4.54. The number of halogens is 3. The third-order valence-corrected chi connectivity index (χ3v) is 6.20. The molecule has 0 spiro atoms. The lowest BCUT2D eigenvalue weighted by molar-refractivity contribution is -0.133. The molecule has 5 heterocycles. The molecule has 7 nitrogen and oxygen atoms in total. The van der Waals surface area contributed by atoms with Crippen LogP contribution in [0, 0.1) is 5.82 Å². The van der Waals surface area contributed by atoms with Gasteiger partial charge in [-0.15, -0.1) is 0 Å². The van der Waals surface area contributed by atoms with Gasteiger partial charge in [0, 0.05) is 32.1 Å². The van der Waals surface area contributed by atoms with Crippen molar-refractivity contribution in [2.45, 2.75) is 38.0 Å². The second-order valence-corrected chi connectivity index (χ2v) is 8.29. The van der Waals surface area contributed by atoms with E-state index in [0.717, 1.165) is 36.8 Å². The molecule has 0 radical (unpaired) electrons. The largest absolute Gasteiger partial charge is 0.371 e. The molecule has 3 aromatic rings. The quantitative estimate of drug-likeness (QED) is 0.651. The minimum Gasteiger partial charge on any atom is -0.371 e. The number of carbonyl (C=O) groups is 1. The lowest BCUT2D eigenvalue weighted by Gasteiger charge is -2.47. The van der Waals surface area contributed by atoms with Crippen molar-refractivity contribution >= 4 is 22.8 Å². The number of nitrogens with one attached hydrogen (secondary N) is 1. The Labute approximate surface area is 182 Å². The second-order valence-electron chi connectivity index (χ2n) is 8.29. The molecule has 1 amide bonds. The highest BCUT2D eigenvalue weighted by Gasteiger charge is 2.39. The number of benzene rings is 1. The Balaban J connectivity index is 1.42. The van der Waals surface area contributed by atoms with Crippen molar-refractivity contribution in [2.75, 3.05) is 18.0 Å². The van der Waals surface area contributed by atoms with Crippen LogP contribution in [0.1, 0.15) is 47.4 Å². The minimum atomic E-state index is -2.93. The van der Waals surface area contributed by atoms with Crippen molar-refractivity contribution in [3.63, 3.8) is 0 Å². The maximum Gasteiger partial charge on any atom is 0.268 e. The maximum atomic E-state index is 14.5. The molecule has 10 heteroatoms. The van der Waals surface area contributed by atoms with Gasteiger partial charge in [-0.2, -0.15) is 0 Å². The minimum absolute atomic E-state index is 0.00272. The van der Waals surface area contributed by atoms with Gasteiger partial charge in [0.1, 0.15) is 29.3 Å². The number of rotatable bonds is 5. The van der Waals surface area contributed by atoms with E-state index in [9.17, 15) is 18.0 Å². The Bertz CT molecular complexity index is 1180. The topological polar surface area (TPSA) is 72.3 Å². The van der Waals surface area contributed by atoms with Crippen molar-refractivity contribution in [2.24, 2.45) is 7.05 Å². The highest BCUT2D eigenvalue weighted by atomic mass is 19.3. The van der Waals surface area contributed by atoms with Gasteiger partial charge in [0.2, 0.25) is 0 Å². The van der Waals surface area contributed by atoms with Crippen molar-refractivity contribution in [1.82, 2.24) is 19.9 Å². The highest BCUT2D eigenvalue weighted by Crippen LogP contribution is 2.34. The maximum absolute atomic E-state index is 14.5. The van der Waals surface area contributed by atoms with Crippen LogP contribution in [0.3, 0.4) is 0 Å². The number of amides is 1. The number of morpholine rings is 1. The standard InChI is InChI=1S/C22H22F3N5O2/c1-11(14-4-3-5-15(18(14)23)19(24)25)28-22(31)17-7-16-20(29(17)2)26-10-27-21(16)30-8-12-6-13(9-30)32-12/h3-5,7,10-13,19H,6,8-9H2,1-2H3,(H,28,31)/t11-,12?,13?/m1/s1. The van der Waals surface area contributed by atoms with Crippen LogP contribution in [-0.4, -0.2) is 45.7 Å². The van der Waals surface area contributed by atoms with Gasteiger partial charge in [0.05, 0.1) is 29.2 Å². The summed E-state index contributed by atoms with van der Waals surface area (Å²) >= 11 is 0. The van der Waals surface area contributed by atoms with E-state index in [2.05, 4.69) is 20.2 Å². The number of aromatic nitrogens is 3. The molecule has 3 aliphatic rings. The van der Waals surface area contributed by atoms with Crippen LogP contribution in [0.15, 0.2) is 30.6 Å². The molecule has 0 saturated carbocycles. The molecule has 0 aliphatic carbocycles. The number of anilines is 1. The zero-order valence-corrected chi connectivity index (χ0v) is 17.6. The number of alkyl halides is 2. The van der Waals surface area contributed by atoms with E-state index >= 15 is 0 Å². The molecule has 3 fully saturated rings. The van der Waals surface area contributed by atoms with Gasteiger partial charge < -0.3 is 19.5 Å². The van der Waals surface area contributed by atoms with Crippen LogP contribution in [0.2, 0.25) is 0 Å². The van der Waals surface area contributed by atoms with E-state index in [-0.39, 0.29) is 17.8 Å². The Morgan fingerprint density at radius 1 is 1.22 bits per heavy atom. The number of fused-ring (bicyclic) bond motifs is 3. The van der Waals surface area contributed by atoms with Gasteiger partial charge in [0.25, 0.3) is 12.3 Å². The van der Waals surface area contributed by atoms with Gasteiger partial charge in [-0.05, 0) is 13.0 Å². The predicted molar refractivity (Wildman–Crippen MR) is 111 cm³/mol. The number of carbonyl (C=O) groups excluding carboxylic acids is 1. The van der Waals surface area contributed by atoms with E-state index in [1.165, 1.54) is 18.5 Å². The van der Waals surface area contributed by atoms with E-state index in [4.69, 9.17) is 4.74 Å². The number of aryl methyl sites for hydroxylation is 1. The Kier molecular flexibility index (Phi) is 5.04. The number of ether oxygens (including phenoxy) is 1. The van der Waals surface area contributed by atoms with E-state index in [1.807, 2.05) is 0 Å². The molecule has 3 saturated heterocycles. The molecule has 2 unspecified atom stereocenters. The molecule has 32 heavy (non-hydrogen) atoms. The van der Waals surface area contributed by atoms with Crippen LogP contribution >= 0.6 is 0 Å². The van der Waals surface area contributed by atoms with Crippen LogP contribution < -0.4 is 10.2 Å². The summed E-state index contributed by atoms with van der Waals surface area (Å²) in [6, 6.07) is 4.68. The molecular weight excluding hydrogens is 423 g/mol. The summed E-state index contributed by atoms with van der Waals surface area (Å²) < 4.78 is 47.9. The van der Waals surface area contributed by atoms with Gasteiger partial charge in [-0.25, -0.2) is 23.1 Å². The van der Waals surface area contributed by atoms with Crippen molar-refractivity contribution < 1.29 is 22.7 Å². The summed E-state index contributed by atoms with van der Waals surface area (Å²) in [5.41, 5.74) is 0.232. The molecule has 2 bridgehead atoms. The average molecular weight is 445 g/mol. The van der Waals surface area contributed by atoms with Crippen molar-refractivity contribution in [3.05, 3.63) is 53.2 Å². The lowest BCUT2D eigenvalue weighted by Crippen LogP contribution is -2.57. The van der Waals surface area contributed by atoms with E-state index in [0.29, 0.717) is 11.3 Å². The molecule has 1 aromatic carbocycles. The van der Waals surface area contributed by atoms with Crippen LogP contribution in [0.4, 0.5) is 19.0 Å². The van der Waals surface area contributed by atoms with Crippen LogP contribution in [0.25, 0.3) is 11.0 Å². The number of piperidine rings is 1. The molecule has 168 valence electrons. The van der Waals surface area contributed by atoms with Gasteiger partial charge in [-0.3, -0.25) is 4.79 Å². The Morgan fingerprint density at radius 2 is 1.91 bits per heavy atom. The first-order chi connectivity index (χ1) is 15.3. The SMILES string of the molecule is C[C@@H](NC(=O)c1cc2c(N3CC4CC(C3)O4)ncnc2n1C)c1cccc(C(F)F)c1F. The van der Waals surface area contributed by atoms with Gasteiger partial charge in [0.15, 0.2) is 0 Å². The zero-order valence-electron chi connectivity index (χ0n) is 17.6. The fourth-order valence-electron chi connectivity index (χ4n) is 4.54. The average Bonchev–Trinajstić information content (AvgIpc) is 3.10. The zero-order chi connectivity index (χ0) is 22.6. The van der Waals surface area contributed by atoms with Gasteiger partial charge in [-0.1, -0.05) is 18.2 Å². The third kappa shape index (κ3) is 3.38. The first kappa shape index (κ1) is 20.7. The monoisotopic (exact) mass is 445 g/mol. The molecule has 6 rings (SSSR count). The summed E-state index contributed by atoms with van der Waals surface area (Å²) in [6.07, 6.45) is -0.0166. The normalized spacial score (nSPS) is 21.0. The Hall–Kier alpha value is -3.14. The highest BCUT2D eigenvalue weighted by molar-refractivity contribution is 6.00. The first-order valence-corrected chi connectivity index (χ1v) is 10.4. The molecule has 2 aromatic heterocycles. The molecular formula is C22H22F3N5O2. The summed E-state index contributed by atoms with van der Waals surface area (Å²) in [5.74, 6) is -0.728. The van der Waals surface area contributed by atoms with Gasteiger partial charge >= 0.3 is 0 Å². The van der Waals surface area contributed by atoms with Crippen LogP contribution in [0.5, 0.6) is 0 Å². The molecule has 1 N–H and O–H groups in total. The summed E-state index contributed by atoms with van der Waals surface area (Å²) in [4.78, 5) is 23.9.